The molecule has 5 heteroatoms. The summed E-state index contributed by atoms with van der Waals surface area (Å²) in [6.07, 6.45) is 1.71. The Morgan fingerprint density at radius 3 is 2.57 bits per heavy atom. The maximum Gasteiger partial charge on any atom is 0.379 e. The summed E-state index contributed by atoms with van der Waals surface area (Å²) >= 11 is 0. The summed E-state index contributed by atoms with van der Waals surface area (Å²) in [5, 5.41) is 0.833. The average Bonchev–Trinajstić information content (AvgIpc) is 3.07. The molecule has 3 aromatic rings. The number of ketones is 1. The van der Waals surface area contributed by atoms with Gasteiger partial charge in [0.1, 0.15) is 0 Å². The molecule has 0 aliphatic carbocycles. The number of esters is 1. The number of carbonyl (C=O) groups excluding carboxylic acids is 2. The standard InChI is InChI=1S/C23H24N2O3/c1-24(14-16-8-4-3-5-9-16)17-12-13-20-21(22(26)23(27)28-2)18-10-6-7-11-19(18)25(20)15-17/h3-11,17H,12-15H2,1-2H3. The average molecular weight is 376 g/mol. The van der Waals surface area contributed by atoms with Crippen LogP contribution in [0.3, 0.4) is 0 Å². The Labute approximate surface area is 164 Å². The van der Waals surface area contributed by atoms with Crippen molar-refractivity contribution in [3.05, 3.63) is 71.4 Å². The number of fused-ring (bicyclic) bond motifs is 3. The van der Waals surface area contributed by atoms with Gasteiger partial charge < -0.3 is 9.30 Å². The summed E-state index contributed by atoms with van der Waals surface area (Å²) in [4.78, 5) is 27.0. The number of carbonyl (C=O) groups is 2. The molecule has 0 N–H and O–H groups in total. The predicted octanol–water partition coefficient (Wildman–Crippen LogP) is 3.44. The molecular weight excluding hydrogens is 352 g/mol. The van der Waals surface area contributed by atoms with Gasteiger partial charge >= 0.3 is 5.97 Å². The second-order valence-corrected chi connectivity index (χ2v) is 7.36. The molecule has 0 radical (unpaired) electrons. The number of hydrogen-bond acceptors (Lipinski definition) is 4. The number of methoxy groups -OCH3 is 1. The molecule has 0 spiro atoms. The fourth-order valence-corrected chi connectivity index (χ4v) is 4.24. The SMILES string of the molecule is COC(=O)C(=O)c1c2n(c3ccccc13)CC(N(C)Cc1ccccc1)CC2. The van der Waals surface area contributed by atoms with Gasteiger partial charge in [-0.05, 0) is 31.5 Å². The van der Waals surface area contributed by atoms with Crippen LogP contribution in [0.1, 0.15) is 28.0 Å². The highest BCUT2D eigenvalue weighted by molar-refractivity contribution is 6.43. The summed E-state index contributed by atoms with van der Waals surface area (Å²) in [7, 11) is 3.40. The first-order valence-corrected chi connectivity index (χ1v) is 9.57. The van der Waals surface area contributed by atoms with Gasteiger partial charge in [0.05, 0.1) is 12.7 Å². The molecule has 1 unspecified atom stereocenters. The molecule has 0 fully saturated rings. The third kappa shape index (κ3) is 3.22. The van der Waals surface area contributed by atoms with Gasteiger partial charge in [-0.15, -0.1) is 0 Å². The van der Waals surface area contributed by atoms with Crippen LogP contribution < -0.4 is 0 Å². The summed E-state index contributed by atoms with van der Waals surface area (Å²) in [6, 6.07) is 18.6. The second kappa shape index (κ2) is 7.60. The van der Waals surface area contributed by atoms with Gasteiger partial charge in [0.2, 0.25) is 0 Å². The summed E-state index contributed by atoms with van der Waals surface area (Å²) < 4.78 is 6.91. The highest BCUT2D eigenvalue weighted by atomic mass is 16.5. The van der Waals surface area contributed by atoms with Crippen LogP contribution in [0.15, 0.2) is 54.6 Å². The summed E-state index contributed by atoms with van der Waals surface area (Å²) in [5.41, 5.74) is 3.74. The fourth-order valence-electron chi connectivity index (χ4n) is 4.24. The van der Waals surface area contributed by atoms with Crippen molar-refractivity contribution in [3.63, 3.8) is 0 Å². The number of Topliss-reactive ketones (excluding diaryl/α,β-unsaturated/α-hetero) is 1. The van der Waals surface area contributed by atoms with Gasteiger partial charge in [-0.1, -0.05) is 48.5 Å². The number of nitrogens with zero attached hydrogens (tertiary/aromatic N) is 2. The molecule has 0 saturated carbocycles. The maximum absolute atomic E-state index is 12.7. The lowest BCUT2D eigenvalue weighted by molar-refractivity contribution is -0.135. The zero-order valence-corrected chi connectivity index (χ0v) is 16.2. The van der Waals surface area contributed by atoms with Crippen LogP contribution in [-0.4, -0.2) is 41.4 Å². The van der Waals surface area contributed by atoms with Crippen LogP contribution in [0.2, 0.25) is 0 Å². The van der Waals surface area contributed by atoms with E-state index in [2.05, 4.69) is 40.8 Å². The molecule has 144 valence electrons. The Bertz CT molecular complexity index is 1020. The normalized spacial score (nSPS) is 16.2. The smallest absolute Gasteiger partial charge is 0.379 e. The van der Waals surface area contributed by atoms with Crippen LogP contribution in [0.25, 0.3) is 10.9 Å². The molecule has 2 heterocycles. The third-order valence-electron chi connectivity index (χ3n) is 5.68. The van der Waals surface area contributed by atoms with Crippen molar-refractivity contribution in [1.82, 2.24) is 9.47 Å². The molecule has 1 aromatic heterocycles. The lowest BCUT2D eigenvalue weighted by Crippen LogP contribution is -2.38. The number of rotatable bonds is 5. The monoisotopic (exact) mass is 376 g/mol. The molecule has 4 rings (SSSR count). The fraction of sp³-hybridized carbons (Fsp3) is 0.304. The van der Waals surface area contributed by atoms with E-state index in [0.717, 1.165) is 42.5 Å². The van der Waals surface area contributed by atoms with Crippen molar-refractivity contribution in [3.8, 4) is 0 Å². The Balaban J connectivity index is 1.67. The van der Waals surface area contributed by atoms with Crippen molar-refractivity contribution in [1.29, 1.82) is 0 Å². The number of ether oxygens (including phenoxy) is 1. The van der Waals surface area contributed by atoms with Gasteiger partial charge in [-0.25, -0.2) is 4.79 Å². The van der Waals surface area contributed by atoms with Gasteiger partial charge in [-0.2, -0.15) is 0 Å². The number of benzene rings is 2. The van der Waals surface area contributed by atoms with E-state index < -0.39 is 11.8 Å². The van der Waals surface area contributed by atoms with E-state index in [0.29, 0.717) is 11.6 Å². The minimum Gasteiger partial charge on any atom is -0.463 e. The van der Waals surface area contributed by atoms with Crippen LogP contribution in [-0.2, 0) is 29.0 Å². The van der Waals surface area contributed by atoms with Gasteiger partial charge in [0.25, 0.3) is 5.78 Å². The summed E-state index contributed by atoms with van der Waals surface area (Å²) in [6.45, 7) is 1.68. The van der Waals surface area contributed by atoms with Crippen molar-refractivity contribution >= 4 is 22.7 Å². The number of para-hydroxylation sites is 1. The van der Waals surface area contributed by atoms with Gasteiger partial charge in [-0.3, -0.25) is 9.69 Å². The molecule has 1 aliphatic rings. The molecule has 0 amide bonds. The first-order valence-electron chi connectivity index (χ1n) is 9.57. The molecule has 0 bridgehead atoms. The Hall–Kier alpha value is -2.92. The van der Waals surface area contributed by atoms with Crippen LogP contribution in [0.5, 0.6) is 0 Å². The molecule has 1 atom stereocenters. The predicted molar refractivity (Wildman–Crippen MR) is 108 cm³/mol. The van der Waals surface area contributed by atoms with E-state index in [-0.39, 0.29) is 0 Å². The molecule has 0 saturated heterocycles. The molecule has 28 heavy (non-hydrogen) atoms. The minimum absolute atomic E-state index is 0.365. The van der Waals surface area contributed by atoms with Crippen molar-refractivity contribution < 1.29 is 14.3 Å². The summed E-state index contributed by atoms with van der Waals surface area (Å²) in [5.74, 6) is -1.36. The number of aromatic nitrogens is 1. The van der Waals surface area contributed by atoms with Gasteiger partial charge in [0, 0.05) is 35.7 Å². The number of hydrogen-bond donors (Lipinski definition) is 0. The largest absolute Gasteiger partial charge is 0.463 e. The Kier molecular flexibility index (Phi) is 5.01. The number of likely N-dealkylation sites (N-methyl/N-ethyl adjacent to an activating group) is 1. The maximum atomic E-state index is 12.7. The highest BCUT2D eigenvalue weighted by Crippen LogP contribution is 2.32. The second-order valence-electron chi connectivity index (χ2n) is 7.36. The zero-order chi connectivity index (χ0) is 19.7. The van der Waals surface area contributed by atoms with E-state index in [4.69, 9.17) is 4.74 Å². The Morgan fingerprint density at radius 1 is 1.11 bits per heavy atom. The van der Waals surface area contributed by atoms with E-state index in [1.54, 1.807) is 0 Å². The van der Waals surface area contributed by atoms with E-state index in [1.165, 1.54) is 12.7 Å². The molecule has 5 nitrogen and oxygen atoms in total. The minimum atomic E-state index is -0.803. The van der Waals surface area contributed by atoms with Gasteiger partial charge in [0.15, 0.2) is 0 Å². The first-order chi connectivity index (χ1) is 13.6. The first kappa shape index (κ1) is 18.4. The lowest BCUT2D eigenvalue weighted by atomic mass is 9.98. The zero-order valence-electron chi connectivity index (χ0n) is 16.2. The third-order valence-corrected chi connectivity index (χ3v) is 5.68. The van der Waals surface area contributed by atoms with Crippen molar-refractivity contribution in [2.45, 2.75) is 32.0 Å². The molecular formula is C23H24N2O3. The molecule has 2 aromatic carbocycles. The topological polar surface area (TPSA) is 51.5 Å². The van der Waals surface area contributed by atoms with Crippen LogP contribution >= 0.6 is 0 Å². The van der Waals surface area contributed by atoms with E-state index in [9.17, 15) is 9.59 Å². The highest BCUT2D eigenvalue weighted by Gasteiger charge is 2.31. The van der Waals surface area contributed by atoms with Crippen molar-refractivity contribution in [2.24, 2.45) is 0 Å². The van der Waals surface area contributed by atoms with Crippen molar-refractivity contribution in [2.75, 3.05) is 14.2 Å². The van der Waals surface area contributed by atoms with Crippen LogP contribution in [0, 0.1) is 0 Å². The quantitative estimate of drug-likeness (QED) is 0.389. The lowest BCUT2D eigenvalue weighted by Gasteiger charge is -2.33. The van der Waals surface area contributed by atoms with E-state index >= 15 is 0 Å². The molecule has 1 aliphatic heterocycles. The Morgan fingerprint density at radius 2 is 1.82 bits per heavy atom. The van der Waals surface area contributed by atoms with Crippen LogP contribution in [0.4, 0.5) is 0 Å². The van der Waals surface area contributed by atoms with E-state index in [1.807, 2.05) is 30.3 Å².